The van der Waals surface area contributed by atoms with E-state index in [0.29, 0.717) is 18.1 Å². The second-order valence-corrected chi connectivity index (χ2v) is 6.36. The molecule has 4 nitrogen and oxygen atoms in total. The maximum absolute atomic E-state index is 13.7. The van der Waals surface area contributed by atoms with Crippen LogP contribution in [0.5, 0.6) is 0 Å². The van der Waals surface area contributed by atoms with Crippen molar-refractivity contribution in [2.24, 2.45) is 11.1 Å². The Balaban J connectivity index is 2.16. The zero-order chi connectivity index (χ0) is 15.8. The number of halogens is 2. The molecule has 2 atom stereocenters. The van der Waals surface area contributed by atoms with Crippen LogP contribution in [0.4, 0.5) is 10.1 Å². The van der Waals surface area contributed by atoms with Crippen LogP contribution < -0.4 is 11.1 Å². The first-order valence-electron chi connectivity index (χ1n) is 6.89. The van der Waals surface area contributed by atoms with Gasteiger partial charge in [0.15, 0.2) is 0 Å². The lowest BCUT2D eigenvalue weighted by Crippen LogP contribution is -2.74. The van der Waals surface area contributed by atoms with Crippen molar-refractivity contribution >= 4 is 23.2 Å². The van der Waals surface area contributed by atoms with Crippen LogP contribution >= 0.6 is 11.6 Å². The van der Waals surface area contributed by atoms with Crippen LogP contribution in [0, 0.1) is 11.2 Å². The Hall–Kier alpha value is -1.17. The first-order chi connectivity index (χ1) is 9.72. The maximum Gasteiger partial charge on any atom is 0.245 e. The molecule has 0 radical (unpaired) electrons. The summed E-state index contributed by atoms with van der Waals surface area (Å²) in [7, 11) is 0. The lowest BCUT2D eigenvalue weighted by molar-refractivity contribution is -0.166. The Bertz CT molecular complexity index is 565. The van der Waals surface area contributed by atoms with Crippen molar-refractivity contribution in [3.05, 3.63) is 29.0 Å². The van der Waals surface area contributed by atoms with Crippen molar-refractivity contribution in [3.63, 3.8) is 0 Å². The molecule has 116 valence electrons. The molecule has 2 unspecified atom stereocenters. The number of hydrogen-bond acceptors (Lipinski definition) is 3. The summed E-state index contributed by atoms with van der Waals surface area (Å²) in [4.78, 5) is 12.4. The summed E-state index contributed by atoms with van der Waals surface area (Å²) in [6, 6.07) is 3.99. The highest BCUT2D eigenvalue weighted by Crippen LogP contribution is 2.50. The highest BCUT2D eigenvalue weighted by atomic mass is 35.5. The fraction of sp³-hybridized carbons (Fsp3) is 0.533. The molecule has 0 bridgehead atoms. The van der Waals surface area contributed by atoms with Gasteiger partial charge in [0.2, 0.25) is 5.91 Å². The third-order valence-corrected chi connectivity index (χ3v) is 4.65. The van der Waals surface area contributed by atoms with Gasteiger partial charge in [-0.15, -0.1) is 0 Å². The number of carbonyl (C=O) groups is 1. The van der Waals surface area contributed by atoms with E-state index in [2.05, 4.69) is 5.32 Å². The molecule has 0 spiro atoms. The van der Waals surface area contributed by atoms with E-state index in [0.717, 1.165) is 0 Å². The van der Waals surface area contributed by atoms with Crippen LogP contribution in [0.3, 0.4) is 0 Å². The topological polar surface area (TPSA) is 64.3 Å². The van der Waals surface area contributed by atoms with Crippen LogP contribution in [0.2, 0.25) is 5.02 Å². The number of anilines is 1. The third-order valence-electron chi connectivity index (χ3n) is 4.41. The molecule has 6 heteroatoms. The fourth-order valence-corrected chi connectivity index (χ4v) is 2.82. The Morgan fingerprint density at radius 1 is 1.57 bits per heavy atom. The van der Waals surface area contributed by atoms with Gasteiger partial charge in [0.25, 0.3) is 0 Å². The van der Waals surface area contributed by atoms with Crippen molar-refractivity contribution in [1.29, 1.82) is 0 Å². The van der Waals surface area contributed by atoms with Gasteiger partial charge in [-0.1, -0.05) is 25.4 Å². The van der Waals surface area contributed by atoms with E-state index in [-0.39, 0.29) is 11.8 Å². The van der Waals surface area contributed by atoms with E-state index in [1.54, 1.807) is 0 Å². The molecule has 1 aromatic rings. The van der Waals surface area contributed by atoms with Crippen LogP contribution in [-0.4, -0.2) is 24.2 Å². The number of nitrogens with two attached hydrogens (primary N) is 1. The van der Waals surface area contributed by atoms with Gasteiger partial charge in [-0.25, -0.2) is 4.39 Å². The lowest BCUT2D eigenvalue weighted by atomic mass is 9.54. The molecule has 1 amide bonds. The molecule has 1 saturated carbocycles. The maximum atomic E-state index is 13.7. The molecule has 21 heavy (non-hydrogen) atoms. The van der Waals surface area contributed by atoms with Gasteiger partial charge < -0.3 is 15.8 Å². The standard InChI is InChI=1S/C15H20ClFN2O2/c1-4-21-12-8-15(18,14(12,2)3)13(20)19-11-7-9(16)5-6-10(11)17/h5-7,12H,4,8,18H2,1-3H3,(H,19,20). The summed E-state index contributed by atoms with van der Waals surface area (Å²) >= 11 is 5.81. The van der Waals surface area contributed by atoms with Gasteiger partial charge in [0, 0.05) is 23.5 Å². The Kier molecular flexibility index (Phi) is 4.29. The highest BCUT2D eigenvalue weighted by Gasteiger charge is 2.62. The van der Waals surface area contributed by atoms with Gasteiger partial charge in [0.05, 0.1) is 11.8 Å². The lowest BCUT2D eigenvalue weighted by Gasteiger charge is -2.57. The normalized spacial score (nSPS) is 27.0. The predicted octanol–water partition coefficient (Wildman–Crippen LogP) is 2.95. The van der Waals surface area contributed by atoms with Crippen LogP contribution in [-0.2, 0) is 9.53 Å². The van der Waals surface area contributed by atoms with Gasteiger partial charge in [-0.05, 0) is 25.1 Å². The molecule has 0 heterocycles. The van der Waals surface area contributed by atoms with Crippen molar-refractivity contribution in [1.82, 2.24) is 0 Å². The first-order valence-corrected chi connectivity index (χ1v) is 7.27. The molecule has 1 aliphatic carbocycles. The van der Waals surface area contributed by atoms with E-state index in [4.69, 9.17) is 22.1 Å². The zero-order valence-electron chi connectivity index (χ0n) is 12.4. The number of rotatable bonds is 4. The van der Waals surface area contributed by atoms with Crippen molar-refractivity contribution in [2.75, 3.05) is 11.9 Å². The molecular weight excluding hydrogens is 295 g/mol. The predicted molar refractivity (Wildman–Crippen MR) is 80.8 cm³/mol. The molecular formula is C15H20ClFN2O2. The van der Waals surface area contributed by atoms with Crippen LogP contribution in [0.25, 0.3) is 0 Å². The van der Waals surface area contributed by atoms with E-state index >= 15 is 0 Å². The van der Waals surface area contributed by atoms with Crippen molar-refractivity contribution < 1.29 is 13.9 Å². The number of amides is 1. The number of benzene rings is 1. The average Bonchev–Trinajstić information content (AvgIpc) is 2.42. The minimum atomic E-state index is -1.10. The second kappa shape index (κ2) is 5.55. The summed E-state index contributed by atoms with van der Waals surface area (Å²) in [6.07, 6.45) is 0.324. The van der Waals surface area contributed by atoms with E-state index in [1.165, 1.54) is 18.2 Å². The summed E-state index contributed by atoms with van der Waals surface area (Å²) < 4.78 is 19.3. The minimum absolute atomic E-state index is 0.0352. The number of nitrogens with one attached hydrogen (secondary N) is 1. The molecule has 2 rings (SSSR count). The minimum Gasteiger partial charge on any atom is -0.378 e. The number of hydrogen-bond donors (Lipinski definition) is 2. The van der Waals surface area contributed by atoms with Crippen molar-refractivity contribution in [3.8, 4) is 0 Å². The average molecular weight is 315 g/mol. The second-order valence-electron chi connectivity index (χ2n) is 5.92. The Labute approximate surface area is 128 Å². The van der Waals surface area contributed by atoms with Gasteiger partial charge >= 0.3 is 0 Å². The van der Waals surface area contributed by atoms with E-state index in [1.807, 2.05) is 20.8 Å². The Morgan fingerprint density at radius 2 is 2.24 bits per heavy atom. The Morgan fingerprint density at radius 3 is 2.81 bits per heavy atom. The van der Waals surface area contributed by atoms with Crippen molar-refractivity contribution in [2.45, 2.75) is 38.8 Å². The summed E-state index contributed by atoms with van der Waals surface area (Å²) in [6.45, 7) is 6.22. The molecule has 1 aromatic carbocycles. The molecule has 0 saturated heterocycles. The highest BCUT2D eigenvalue weighted by molar-refractivity contribution is 6.30. The molecule has 1 fully saturated rings. The van der Waals surface area contributed by atoms with E-state index < -0.39 is 22.7 Å². The van der Waals surface area contributed by atoms with Gasteiger partial charge in [0.1, 0.15) is 11.4 Å². The summed E-state index contributed by atoms with van der Waals surface area (Å²) in [5.74, 6) is -0.973. The largest absolute Gasteiger partial charge is 0.378 e. The summed E-state index contributed by atoms with van der Waals surface area (Å²) in [5.41, 5.74) is 4.65. The summed E-state index contributed by atoms with van der Waals surface area (Å²) in [5, 5.41) is 2.88. The van der Waals surface area contributed by atoms with Crippen LogP contribution in [0.15, 0.2) is 18.2 Å². The number of ether oxygens (including phenoxy) is 1. The zero-order valence-corrected chi connectivity index (χ0v) is 13.1. The van der Waals surface area contributed by atoms with Gasteiger partial charge in [-0.2, -0.15) is 0 Å². The third kappa shape index (κ3) is 2.65. The monoisotopic (exact) mass is 314 g/mol. The quantitative estimate of drug-likeness (QED) is 0.898. The van der Waals surface area contributed by atoms with E-state index in [9.17, 15) is 9.18 Å². The fourth-order valence-electron chi connectivity index (χ4n) is 2.65. The molecule has 0 aromatic heterocycles. The first kappa shape index (κ1) is 16.2. The molecule has 1 aliphatic rings. The smallest absolute Gasteiger partial charge is 0.245 e. The molecule has 0 aliphatic heterocycles. The molecule has 3 N–H and O–H groups in total. The van der Waals surface area contributed by atoms with Crippen LogP contribution in [0.1, 0.15) is 27.2 Å². The number of carbonyl (C=O) groups excluding carboxylic acids is 1. The van der Waals surface area contributed by atoms with Gasteiger partial charge in [-0.3, -0.25) is 4.79 Å². The SMILES string of the molecule is CCOC1CC(N)(C(=O)Nc2cc(Cl)ccc2F)C1(C)C.